The van der Waals surface area contributed by atoms with Gasteiger partial charge < -0.3 is 10.2 Å². The normalized spacial score (nSPS) is 18.9. The molecule has 0 amide bonds. The van der Waals surface area contributed by atoms with E-state index in [9.17, 15) is 0 Å². The molecule has 3 heterocycles. The molecule has 0 spiro atoms. The summed E-state index contributed by atoms with van der Waals surface area (Å²) in [5.41, 5.74) is 1.11. The summed E-state index contributed by atoms with van der Waals surface area (Å²) in [6, 6.07) is 4.41. The minimum absolute atomic E-state index is 0.763. The largest absolute Gasteiger partial charge is 0.356 e. The van der Waals surface area contributed by atoms with E-state index in [0.717, 1.165) is 48.6 Å². The fourth-order valence-corrected chi connectivity index (χ4v) is 4.79. The van der Waals surface area contributed by atoms with E-state index >= 15 is 0 Å². The molecule has 1 aliphatic heterocycles. The molecule has 6 heteroatoms. The zero-order valence-electron chi connectivity index (χ0n) is 14.7. The number of aromatic nitrogens is 1. The Morgan fingerprint density at radius 2 is 2.33 bits per heavy atom. The summed E-state index contributed by atoms with van der Waals surface area (Å²) in [5, 5.41) is 6.80. The summed E-state index contributed by atoms with van der Waals surface area (Å²) in [7, 11) is 1.88. The molecule has 0 aromatic carbocycles. The van der Waals surface area contributed by atoms with E-state index in [-0.39, 0.29) is 0 Å². The second-order valence-corrected chi connectivity index (χ2v) is 8.67. The van der Waals surface area contributed by atoms with Crippen LogP contribution in [0.1, 0.15) is 29.7 Å². The van der Waals surface area contributed by atoms with Gasteiger partial charge >= 0.3 is 0 Å². The van der Waals surface area contributed by atoms with E-state index in [1.54, 1.807) is 11.3 Å². The molecular formula is C18H26N4S2. The van der Waals surface area contributed by atoms with E-state index in [1.165, 1.54) is 22.6 Å². The molecule has 1 fully saturated rings. The van der Waals surface area contributed by atoms with Gasteiger partial charge in [0, 0.05) is 36.9 Å². The molecule has 0 saturated carbocycles. The molecule has 4 nitrogen and oxygen atoms in total. The first kappa shape index (κ1) is 17.4. The van der Waals surface area contributed by atoms with Gasteiger partial charge in [0.05, 0.1) is 15.6 Å². The number of nitrogens with one attached hydrogen (secondary N) is 1. The van der Waals surface area contributed by atoms with Crippen LogP contribution in [0.3, 0.4) is 0 Å². The Bertz CT molecular complexity index is 689. The molecule has 2 aromatic rings. The third-order valence-corrected chi connectivity index (χ3v) is 6.30. The number of piperidine rings is 1. The highest BCUT2D eigenvalue weighted by Gasteiger charge is 2.18. The summed E-state index contributed by atoms with van der Waals surface area (Å²) in [5.74, 6) is 1.81. The predicted molar refractivity (Wildman–Crippen MR) is 105 cm³/mol. The fourth-order valence-electron chi connectivity index (χ4n) is 3.14. The smallest absolute Gasteiger partial charge is 0.193 e. The number of guanidine groups is 1. The Kier molecular flexibility index (Phi) is 5.89. The molecule has 130 valence electrons. The highest BCUT2D eigenvalue weighted by Crippen LogP contribution is 2.29. The highest BCUT2D eigenvalue weighted by molar-refractivity contribution is 7.16. The number of nitrogens with zero attached hydrogens (tertiary/aromatic N) is 3. The highest BCUT2D eigenvalue weighted by atomic mass is 32.1. The SMILES string of the molecule is CN=C(NCCc1ccc(-c2csc(C)n2)s1)N1CCCC(C)C1. The van der Waals surface area contributed by atoms with E-state index in [0.29, 0.717) is 0 Å². The summed E-state index contributed by atoms with van der Waals surface area (Å²) in [6.07, 6.45) is 3.63. The van der Waals surface area contributed by atoms with Crippen molar-refractivity contribution in [2.24, 2.45) is 10.9 Å². The Morgan fingerprint density at radius 3 is 3.04 bits per heavy atom. The maximum atomic E-state index is 4.57. The van der Waals surface area contributed by atoms with Crippen LogP contribution in [0.4, 0.5) is 0 Å². The Hall–Kier alpha value is -1.40. The number of aryl methyl sites for hydroxylation is 1. The van der Waals surface area contributed by atoms with Crippen molar-refractivity contribution in [1.29, 1.82) is 0 Å². The number of hydrogen-bond donors (Lipinski definition) is 1. The van der Waals surface area contributed by atoms with Crippen molar-refractivity contribution in [3.8, 4) is 10.6 Å². The number of aliphatic imine (C=N–C) groups is 1. The fraction of sp³-hybridized carbons (Fsp3) is 0.556. The molecule has 24 heavy (non-hydrogen) atoms. The third-order valence-electron chi connectivity index (χ3n) is 4.36. The zero-order chi connectivity index (χ0) is 16.9. The second-order valence-electron chi connectivity index (χ2n) is 6.44. The van der Waals surface area contributed by atoms with Crippen LogP contribution in [0.25, 0.3) is 10.6 Å². The van der Waals surface area contributed by atoms with Crippen LogP contribution in [0.15, 0.2) is 22.5 Å². The van der Waals surface area contributed by atoms with Gasteiger partial charge in [0.25, 0.3) is 0 Å². The van der Waals surface area contributed by atoms with Gasteiger partial charge in [-0.15, -0.1) is 22.7 Å². The monoisotopic (exact) mass is 362 g/mol. The van der Waals surface area contributed by atoms with Crippen LogP contribution in [0.5, 0.6) is 0 Å². The molecular weight excluding hydrogens is 336 g/mol. The number of thiazole rings is 1. The van der Waals surface area contributed by atoms with Crippen molar-refractivity contribution >= 4 is 28.6 Å². The van der Waals surface area contributed by atoms with Gasteiger partial charge in [-0.3, -0.25) is 4.99 Å². The number of thiophene rings is 1. The van der Waals surface area contributed by atoms with Gasteiger partial charge in [-0.25, -0.2) is 4.98 Å². The van der Waals surface area contributed by atoms with E-state index in [1.807, 2.05) is 18.4 Å². The molecule has 1 atom stereocenters. The van der Waals surface area contributed by atoms with Crippen LogP contribution < -0.4 is 5.32 Å². The first-order valence-corrected chi connectivity index (χ1v) is 10.3. The van der Waals surface area contributed by atoms with Crippen LogP contribution in [-0.4, -0.2) is 42.5 Å². The number of likely N-dealkylation sites (tertiary alicyclic amines) is 1. The van der Waals surface area contributed by atoms with Gasteiger partial charge in [-0.1, -0.05) is 6.92 Å². The lowest BCUT2D eigenvalue weighted by atomic mass is 10.0. The van der Waals surface area contributed by atoms with Gasteiger partial charge in [0.1, 0.15) is 0 Å². The first-order valence-electron chi connectivity index (χ1n) is 8.62. The van der Waals surface area contributed by atoms with Gasteiger partial charge in [0.15, 0.2) is 5.96 Å². The maximum absolute atomic E-state index is 4.57. The average molecular weight is 363 g/mol. The molecule has 0 radical (unpaired) electrons. The van der Waals surface area contributed by atoms with Crippen LogP contribution in [-0.2, 0) is 6.42 Å². The van der Waals surface area contributed by atoms with Gasteiger partial charge in [-0.2, -0.15) is 0 Å². The molecule has 1 aliphatic rings. The van der Waals surface area contributed by atoms with E-state index in [2.05, 4.69) is 51.6 Å². The maximum Gasteiger partial charge on any atom is 0.193 e. The van der Waals surface area contributed by atoms with Gasteiger partial charge in [-0.05, 0) is 44.2 Å². The van der Waals surface area contributed by atoms with Gasteiger partial charge in [0.2, 0.25) is 0 Å². The molecule has 3 rings (SSSR count). The molecule has 2 aromatic heterocycles. The van der Waals surface area contributed by atoms with Crippen molar-refractivity contribution in [2.45, 2.75) is 33.1 Å². The predicted octanol–water partition coefficient (Wildman–Crippen LogP) is 4.03. The molecule has 0 aliphatic carbocycles. The number of rotatable bonds is 4. The lowest BCUT2D eigenvalue weighted by Crippen LogP contribution is -2.46. The van der Waals surface area contributed by atoms with Crippen LogP contribution in [0, 0.1) is 12.8 Å². The molecule has 0 bridgehead atoms. The summed E-state index contributed by atoms with van der Waals surface area (Å²) in [6.45, 7) is 7.54. The van der Waals surface area contributed by atoms with Crippen molar-refractivity contribution in [2.75, 3.05) is 26.7 Å². The Labute approximate surface area is 152 Å². The molecule has 1 unspecified atom stereocenters. The Morgan fingerprint density at radius 1 is 1.46 bits per heavy atom. The minimum atomic E-state index is 0.763. The van der Waals surface area contributed by atoms with E-state index in [4.69, 9.17) is 0 Å². The molecule has 1 saturated heterocycles. The second kappa shape index (κ2) is 8.12. The summed E-state index contributed by atoms with van der Waals surface area (Å²) >= 11 is 3.56. The first-order chi connectivity index (χ1) is 11.7. The van der Waals surface area contributed by atoms with Crippen molar-refractivity contribution in [1.82, 2.24) is 15.2 Å². The lowest BCUT2D eigenvalue weighted by molar-refractivity contribution is 0.266. The lowest BCUT2D eigenvalue weighted by Gasteiger charge is -2.33. The zero-order valence-corrected chi connectivity index (χ0v) is 16.3. The molecule has 1 N–H and O–H groups in total. The standard InChI is InChI=1S/C18H26N4S2/c1-13-5-4-10-22(11-13)18(19-3)20-9-8-15-6-7-17(24-15)16-12-23-14(2)21-16/h6-7,12-13H,4-5,8-11H2,1-3H3,(H,19,20). The van der Waals surface area contributed by atoms with Crippen molar-refractivity contribution < 1.29 is 0 Å². The average Bonchev–Trinajstić information content (AvgIpc) is 3.20. The van der Waals surface area contributed by atoms with Crippen LogP contribution in [0.2, 0.25) is 0 Å². The topological polar surface area (TPSA) is 40.5 Å². The number of hydrogen-bond acceptors (Lipinski definition) is 4. The third kappa shape index (κ3) is 4.36. The Balaban J connectivity index is 1.51. The van der Waals surface area contributed by atoms with E-state index < -0.39 is 0 Å². The van der Waals surface area contributed by atoms with Crippen molar-refractivity contribution in [3.05, 3.63) is 27.4 Å². The quantitative estimate of drug-likeness (QED) is 0.659. The summed E-state index contributed by atoms with van der Waals surface area (Å²) < 4.78 is 0. The van der Waals surface area contributed by atoms with Crippen molar-refractivity contribution in [3.63, 3.8) is 0 Å². The van der Waals surface area contributed by atoms with Crippen LogP contribution >= 0.6 is 22.7 Å². The minimum Gasteiger partial charge on any atom is -0.356 e. The summed E-state index contributed by atoms with van der Waals surface area (Å²) in [4.78, 5) is 14.1.